The van der Waals surface area contributed by atoms with Crippen LogP contribution in [0.1, 0.15) is 35.3 Å². The monoisotopic (exact) mass is 346 g/mol. The van der Waals surface area contributed by atoms with Crippen molar-refractivity contribution in [1.82, 2.24) is 30.0 Å². The van der Waals surface area contributed by atoms with E-state index < -0.39 is 0 Å². The first-order valence-corrected chi connectivity index (χ1v) is 9.31. The van der Waals surface area contributed by atoms with Gasteiger partial charge in [0.05, 0.1) is 6.54 Å². The third kappa shape index (κ3) is 2.95. The van der Waals surface area contributed by atoms with Crippen LogP contribution in [-0.2, 0) is 19.5 Å². The number of fused-ring (bicyclic) bond motifs is 2. The Morgan fingerprint density at radius 1 is 1.33 bits per heavy atom. The lowest BCUT2D eigenvalue weighted by Crippen LogP contribution is -2.35. The summed E-state index contributed by atoms with van der Waals surface area (Å²) in [5, 5.41) is 14.5. The minimum absolute atomic E-state index is 0.0991. The molecule has 1 N–H and O–H groups in total. The van der Waals surface area contributed by atoms with Gasteiger partial charge in [-0.2, -0.15) is 0 Å². The second-order valence-electron chi connectivity index (χ2n) is 7.02. The molecule has 7 nitrogen and oxygen atoms in total. The molecule has 4 heterocycles. The van der Waals surface area contributed by atoms with Gasteiger partial charge in [0.2, 0.25) is 5.82 Å². The first-order valence-electron chi connectivity index (χ1n) is 8.44. The summed E-state index contributed by atoms with van der Waals surface area (Å²) in [6, 6.07) is 0.0991. The highest BCUT2D eigenvalue weighted by Crippen LogP contribution is 2.33. The normalized spacial score (nSPS) is 23.3. The van der Waals surface area contributed by atoms with Crippen molar-refractivity contribution in [2.24, 2.45) is 11.8 Å². The van der Waals surface area contributed by atoms with E-state index in [0.717, 1.165) is 38.4 Å². The zero-order chi connectivity index (χ0) is 16.7. The highest BCUT2D eigenvalue weighted by molar-refractivity contribution is 7.09. The van der Waals surface area contributed by atoms with Crippen LogP contribution in [0.25, 0.3) is 0 Å². The number of hydrogen-bond acceptors (Lipinski definition) is 6. The number of carbonyl (C=O) groups excluding carboxylic acids is 1. The van der Waals surface area contributed by atoms with Gasteiger partial charge in [-0.1, -0.05) is 0 Å². The lowest BCUT2D eigenvalue weighted by Gasteiger charge is -2.25. The van der Waals surface area contributed by atoms with Gasteiger partial charge in [0, 0.05) is 43.7 Å². The average Bonchev–Trinajstić information content (AvgIpc) is 3.22. The van der Waals surface area contributed by atoms with Gasteiger partial charge in [-0.15, -0.1) is 21.5 Å². The molecular formula is C16H22N6OS. The molecule has 0 bridgehead atoms. The highest BCUT2D eigenvalue weighted by atomic mass is 32.1. The van der Waals surface area contributed by atoms with Crippen molar-refractivity contribution < 1.29 is 4.79 Å². The SMILES string of the molecule is CC(C)NC(=O)c1nnc2n1C[C@@H]1CN(Cc3nccs3)C[C@@H]1C2. The Hall–Kier alpha value is -1.80. The molecule has 8 heteroatoms. The number of aromatic nitrogens is 4. The van der Waals surface area contributed by atoms with E-state index in [0.29, 0.717) is 17.7 Å². The zero-order valence-electron chi connectivity index (χ0n) is 14.0. The summed E-state index contributed by atoms with van der Waals surface area (Å²) in [7, 11) is 0. The molecule has 4 rings (SSSR count). The summed E-state index contributed by atoms with van der Waals surface area (Å²) in [4.78, 5) is 19.2. The van der Waals surface area contributed by atoms with E-state index in [-0.39, 0.29) is 11.9 Å². The van der Waals surface area contributed by atoms with Crippen LogP contribution in [0.15, 0.2) is 11.6 Å². The molecule has 0 aromatic carbocycles. The van der Waals surface area contributed by atoms with Crippen LogP contribution >= 0.6 is 11.3 Å². The maximum atomic E-state index is 12.3. The summed E-state index contributed by atoms with van der Waals surface area (Å²) < 4.78 is 2.02. The predicted molar refractivity (Wildman–Crippen MR) is 90.7 cm³/mol. The van der Waals surface area contributed by atoms with Gasteiger partial charge in [0.25, 0.3) is 5.91 Å². The minimum Gasteiger partial charge on any atom is -0.347 e. The summed E-state index contributed by atoms with van der Waals surface area (Å²) in [6.07, 6.45) is 2.77. The molecule has 2 atom stereocenters. The Bertz CT molecular complexity index is 725. The molecule has 0 aliphatic carbocycles. The second kappa shape index (κ2) is 6.25. The maximum Gasteiger partial charge on any atom is 0.289 e. The number of hydrogen-bond donors (Lipinski definition) is 1. The Morgan fingerprint density at radius 2 is 2.17 bits per heavy atom. The molecule has 2 aromatic heterocycles. The van der Waals surface area contributed by atoms with Crippen LogP contribution in [0.5, 0.6) is 0 Å². The van der Waals surface area contributed by atoms with Gasteiger partial charge in [-0.3, -0.25) is 9.69 Å². The molecule has 0 unspecified atom stereocenters. The average molecular weight is 346 g/mol. The van der Waals surface area contributed by atoms with E-state index >= 15 is 0 Å². The van der Waals surface area contributed by atoms with E-state index in [1.807, 2.05) is 30.0 Å². The number of amides is 1. The lowest BCUT2D eigenvalue weighted by atomic mass is 9.89. The van der Waals surface area contributed by atoms with Gasteiger partial charge >= 0.3 is 0 Å². The van der Waals surface area contributed by atoms with Gasteiger partial charge in [0.15, 0.2) is 0 Å². The van der Waals surface area contributed by atoms with Crippen molar-refractivity contribution >= 4 is 17.2 Å². The second-order valence-corrected chi connectivity index (χ2v) is 8.00. The van der Waals surface area contributed by atoms with Crippen LogP contribution in [-0.4, -0.2) is 49.7 Å². The van der Waals surface area contributed by atoms with Gasteiger partial charge in [-0.25, -0.2) is 4.98 Å². The van der Waals surface area contributed by atoms with Crippen LogP contribution in [0.4, 0.5) is 0 Å². The Kier molecular flexibility index (Phi) is 4.09. The molecule has 1 fully saturated rings. The molecule has 1 saturated heterocycles. The van der Waals surface area contributed by atoms with Crippen molar-refractivity contribution in [2.75, 3.05) is 13.1 Å². The molecule has 24 heavy (non-hydrogen) atoms. The lowest BCUT2D eigenvalue weighted by molar-refractivity contribution is 0.0924. The molecule has 2 aliphatic heterocycles. The van der Waals surface area contributed by atoms with E-state index in [1.54, 1.807) is 11.3 Å². The third-order valence-corrected chi connectivity index (χ3v) is 5.57. The number of likely N-dealkylation sites (tertiary alicyclic amines) is 1. The first kappa shape index (κ1) is 15.7. The Balaban J connectivity index is 1.46. The molecule has 2 aromatic rings. The molecule has 2 aliphatic rings. The molecular weight excluding hydrogens is 324 g/mol. The highest BCUT2D eigenvalue weighted by Gasteiger charge is 2.39. The fraction of sp³-hybridized carbons (Fsp3) is 0.625. The third-order valence-electron chi connectivity index (χ3n) is 4.81. The van der Waals surface area contributed by atoms with E-state index in [1.165, 1.54) is 5.01 Å². The summed E-state index contributed by atoms with van der Waals surface area (Å²) in [5.74, 6) is 2.43. The van der Waals surface area contributed by atoms with E-state index in [9.17, 15) is 4.79 Å². The summed E-state index contributed by atoms with van der Waals surface area (Å²) >= 11 is 1.71. The van der Waals surface area contributed by atoms with Crippen LogP contribution < -0.4 is 5.32 Å². The molecule has 128 valence electrons. The van der Waals surface area contributed by atoms with E-state index in [4.69, 9.17) is 0 Å². The predicted octanol–water partition coefficient (Wildman–Crippen LogP) is 1.18. The van der Waals surface area contributed by atoms with Crippen molar-refractivity contribution in [3.63, 3.8) is 0 Å². The van der Waals surface area contributed by atoms with Crippen LogP contribution in [0, 0.1) is 11.8 Å². The number of nitrogens with one attached hydrogen (secondary N) is 1. The van der Waals surface area contributed by atoms with Crippen LogP contribution in [0.2, 0.25) is 0 Å². The number of nitrogens with zero attached hydrogens (tertiary/aromatic N) is 5. The summed E-state index contributed by atoms with van der Waals surface area (Å²) in [6.45, 7) is 7.79. The summed E-state index contributed by atoms with van der Waals surface area (Å²) in [5.41, 5.74) is 0. The molecule has 0 saturated carbocycles. The number of rotatable bonds is 4. The van der Waals surface area contributed by atoms with E-state index in [2.05, 4.69) is 25.4 Å². The zero-order valence-corrected chi connectivity index (χ0v) is 14.8. The van der Waals surface area contributed by atoms with Crippen molar-refractivity contribution in [2.45, 2.75) is 39.4 Å². The van der Waals surface area contributed by atoms with Crippen molar-refractivity contribution in [3.05, 3.63) is 28.2 Å². The topological polar surface area (TPSA) is 75.9 Å². The standard InChI is InChI=1S/C16H22N6OS/c1-10(2)18-16(23)15-20-19-13-5-11-6-21(7-12(11)8-22(13)15)9-14-17-3-4-24-14/h3-4,10-12H,5-9H2,1-2H3,(H,18,23)/t11-,12-/m0/s1. The maximum absolute atomic E-state index is 12.3. The van der Waals surface area contributed by atoms with Crippen molar-refractivity contribution in [1.29, 1.82) is 0 Å². The molecule has 0 spiro atoms. The smallest absolute Gasteiger partial charge is 0.289 e. The fourth-order valence-corrected chi connectivity index (χ4v) is 4.42. The van der Waals surface area contributed by atoms with Gasteiger partial charge < -0.3 is 9.88 Å². The van der Waals surface area contributed by atoms with Gasteiger partial charge in [0.1, 0.15) is 10.8 Å². The molecule has 1 amide bonds. The number of thiazole rings is 1. The van der Waals surface area contributed by atoms with Crippen LogP contribution in [0.3, 0.4) is 0 Å². The first-order chi connectivity index (χ1) is 11.6. The number of carbonyl (C=O) groups is 1. The van der Waals surface area contributed by atoms with Gasteiger partial charge in [-0.05, 0) is 25.7 Å². The largest absolute Gasteiger partial charge is 0.347 e. The Morgan fingerprint density at radius 3 is 2.92 bits per heavy atom. The minimum atomic E-state index is -0.125. The fourth-order valence-electron chi connectivity index (χ4n) is 3.77. The molecule has 0 radical (unpaired) electrons. The quantitative estimate of drug-likeness (QED) is 0.900. The van der Waals surface area contributed by atoms with Crippen molar-refractivity contribution in [3.8, 4) is 0 Å². The Labute approximate surface area is 145 Å².